The first kappa shape index (κ1) is 19.1. The standard InChI is InChI=1S/C21H19Cl2NO4/c1-21(26)12-24(8-7-19(21)27-16-4-2-3-14(22)11-16)20(25)18-10-13-9-15(23)5-6-17(13)28-18/h2-6,9-11,19,26H,7-8,12H2,1H3/t19-,21-/m0/s1. The van der Waals surface area contributed by atoms with E-state index in [0.717, 1.165) is 5.39 Å². The molecule has 2 atom stereocenters. The average Bonchev–Trinajstić information content (AvgIpc) is 3.05. The Labute approximate surface area is 172 Å². The number of carbonyl (C=O) groups excluding carboxylic acids is 1. The Hall–Kier alpha value is -2.21. The summed E-state index contributed by atoms with van der Waals surface area (Å²) in [7, 11) is 0. The fourth-order valence-corrected chi connectivity index (χ4v) is 3.85. The minimum absolute atomic E-state index is 0.134. The molecule has 0 saturated carbocycles. The summed E-state index contributed by atoms with van der Waals surface area (Å²) in [5.74, 6) is 0.544. The van der Waals surface area contributed by atoms with Crippen molar-refractivity contribution in [3.8, 4) is 5.75 Å². The Morgan fingerprint density at radius 1 is 1.21 bits per heavy atom. The summed E-state index contributed by atoms with van der Waals surface area (Å²) < 4.78 is 11.6. The van der Waals surface area contributed by atoms with Gasteiger partial charge in [0.15, 0.2) is 5.76 Å². The Morgan fingerprint density at radius 2 is 2.00 bits per heavy atom. The number of furan rings is 1. The van der Waals surface area contributed by atoms with Crippen LogP contribution < -0.4 is 4.74 Å². The van der Waals surface area contributed by atoms with E-state index in [2.05, 4.69) is 0 Å². The number of halogens is 2. The molecule has 1 amide bonds. The topological polar surface area (TPSA) is 62.9 Å². The SMILES string of the molecule is C[C@]1(O)CN(C(=O)c2cc3cc(Cl)ccc3o2)CC[C@@H]1Oc1cccc(Cl)c1. The van der Waals surface area contributed by atoms with E-state index in [1.165, 1.54) is 0 Å². The molecule has 7 heteroatoms. The largest absolute Gasteiger partial charge is 0.487 e. The highest BCUT2D eigenvalue weighted by Gasteiger charge is 2.42. The van der Waals surface area contributed by atoms with Gasteiger partial charge in [0.1, 0.15) is 23.0 Å². The number of β-amino-alcohol motifs (C(OH)–C–C–N with tert-alkyl or cyclic N) is 1. The van der Waals surface area contributed by atoms with Gasteiger partial charge in [-0.2, -0.15) is 0 Å². The van der Waals surface area contributed by atoms with Crippen LogP contribution in [0.1, 0.15) is 23.9 Å². The maximum Gasteiger partial charge on any atom is 0.289 e. The molecule has 146 valence electrons. The molecule has 4 rings (SSSR count). The lowest BCUT2D eigenvalue weighted by Crippen LogP contribution is -2.58. The highest BCUT2D eigenvalue weighted by Crippen LogP contribution is 2.30. The van der Waals surface area contributed by atoms with Crippen molar-refractivity contribution in [2.45, 2.75) is 25.0 Å². The van der Waals surface area contributed by atoms with Crippen LogP contribution in [0.15, 0.2) is 52.9 Å². The second-order valence-corrected chi connectivity index (χ2v) is 8.10. The first-order chi connectivity index (χ1) is 13.3. The van der Waals surface area contributed by atoms with Crippen LogP contribution in [-0.2, 0) is 0 Å². The van der Waals surface area contributed by atoms with Gasteiger partial charge >= 0.3 is 0 Å². The molecule has 0 bridgehead atoms. The number of likely N-dealkylation sites (tertiary alicyclic amines) is 1. The van der Waals surface area contributed by atoms with Crippen molar-refractivity contribution in [2.75, 3.05) is 13.1 Å². The smallest absolute Gasteiger partial charge is 0.289 e. The van der Waals surface area contributed by atoms with Crippen molar-refractivity contribution in [2.24, 2.45) is 0 Å². The van der Waals surface area contributed by atoms with E-state index in [1.54, 1.807) is 60.4 Å². The molecule has 1 aliphatic rings. The first-order valence-electron chi connectivity index (χ1n) is 8.95. The molecule has 2 heterocycles. The Balaban J connectivity index is 1.49. The van der Waals surface area contributed by atoms with E-state index in [9.17, 15) is 9.90 Å². The summed E-state index contributed by atoms with van der Waals surface area (Å²) in [6, 6.07) is 13.9. The van der Waals surface area contributed by atoms with Crippen molar-refractivity contribution in [3.63, 3.8) is 0 Å². The van der Waals surface area contributed by atoms with Crippen molar-refractivity contribution in [3.05, 3.63) is 64.3 Å². The molecular weight excluding hydrogens is 401 g/mol. The maximum atomic E-state index is 12.9. The lowest BCUT2D eigenvalue weighted by Gasteiger charge is -2.42. The third-order valence-electron chi connectivity index (χ3n) is 4.92. The lowest BCUT2D eigenvalue weighted by atomic mass is 9.91. The number of piperidine rings is 1. The second-order valence-electron chi connectivity index (χ2n) is 7.23. The molecule has 1 saturated heterocycles. The number of carbonyl (C=O) groups is 1. The highest BCUT2D eigenvalue weighted by molar-refractivity contribution is 6.31. The summed E-state index contributed by atoms with van der Waals surface area (Å²) in [4.78, 5) is 14.5. The van der Waals surface area contributed by atoms with Crippen LogP contribution in [0.2, 0.25) is 10.0 Å². The number of benzene rings is 2. The molecule has 0 radical (unpaired) electrons. The van der Waals surface area contributed by atoms with Gasteiger partial charge in [-0.15, -0.1) is 0 Å². The summed E-state index contributed by atoms with van der Waals surface area (Å²) in [5.41, 5.74) is -0.621. The molecule has 5 nitrogen and oxygen atoms in total. The number of rotatable bonds is 3. The highest BCUT2D eigenvalue weighted by atomic mass is 35.5. The molecule has 28 heavy (non-hydrogen) atoms. The number of amides is 1. The van der Waals surface area contributed by atoms with E-state index < -0.39 is 11.7 Å². The van der Waals surface area contributed by atoms with Gasteiger partial charge in [-0.05, 0) is 49.4 Å². The van der Waals surface area contributed by atoms with E-state index in [4.69, 9.17) is 32.4 Å². The molecule has 3 aromatic rings. The summed E-state index contributed by atoms with van der Waals surface area (Å²) in [6.07, 6.45) is 0.0293. The Morgan fingerprint density at radius 3 is 2.75 bits per heavy atom. The Kier molecular flexibility index (Phi) is 5.00. The molecular formula is C21H19Cl2NO4. The van der Waals surface area contributed by atoms with Gasteiger partial charge in [-0.25, -0.2) is 0 Å². The molecule has 0 unspecified atom stereocenters. The van der Waals surface area contributed by atoms with Gasteiger partial charge in [-0.3, -0.25) is 4.79 Å². The van der Waals surface area contributed by atoms with Gasteiger partial charge in [0.25, 0.3) is 5.91 Å². The lowest BCUT2D eigenvalue weighted by molar-refractivity contribution is -0.0902. The summed E-state index contributed by atoms with van der Waals surface area (Å²) in [5, 5.41) is 12.8. The van der Waals surface area contributed by atoms with E-state index >= 15 is 0 Å². The predicted octanol–water partition coefficient (Wildman–Crippen LogP) is 4.78. The zero-order chi connectivity index (χ0) is 19.9. The normalized spacial score (nSPS) is 22.4. The fraction of sp³-hybridized carbons (Fsp3) is 0.286. The minimum atomic E-state index is -1.22. The van der Waals surface area contributed by atoms with Crippen LogP contribution in [0.4, 0.5) is 0 Å². The third-order valence-corrected chi connectivity index (χ3v) is 5.39. The van der Waals surface area contributed by atoms with Crippen molar-refractivity contribution in [1.29, 1.82) is 0 Å². The molecule has 1 aliphatic heterocycles. The maximum absolute atomic E-state index is 12.9. The predicted molar refractivity (Wildman–Crippen MR) is 108 cm³/mol. The third kappa shape index (κ3) is 3.83. The van der Waals surface area contributed by atoms with Crippen LogP contribution in [0.3, 0.4) is 0 Å². The van der Waals surface area contributed by atoms with Crippen LogP contribution in [-0.4, -0.2) is 40.7 Å². The quantitative estimate of drug-likeness (QED) is 0.662. The summed E-state index contributed by atoms with van der Waals surface area (Å²) >= 11 is 12.0. The number of hydrogen-bond donors (Lipinski definition) is 1. The first-order valence-corrected chi connectivity index (χ1v) is 9.70. The monoisotopic (exact) mass is 419 g/mol. The van der Waals surface area contributed by atoms with Gasteiger partial charge in [-0.1, -0.05) is 29.3 Å². The molecule has 1 fully saturated rings. The molecule has 0 spiro atoms. The van der Waals surface area contributed by atoms with Crippen LogP contribution >= 0.6 is 23.2 Å². The van der Waals surface area contributed by atoms with Crippen LogP contribution in [0.25, 0.3) is 11.0 Å². The number of ether oxygens (including phenoxy) is 1. The van der Waals surface area contributed by atoms with E-state index in [0.29, 0.717) is 34.3 Å². The van der Waals surface area contributed by atoms with Crippen molar-refractivity contribution < 1.29 is 19.1 Å². The second kappa shape index (κ2) is 7.32. The molecule has 1 aromatic heterocycles. The summed E-state index contributed by atoms with van der Waals surface area (Å²) in [6.45, 7) is 2.24. The Bertz CT molecular complexity index is 1030. The van der Waals surface area contributed by atoms with Crippen molar-refractivity contribution >= 4 is 40.1 Å². The number of fused-ring (bicyclic) bond motifs is 1. The molecule has 2 aromatic carbocycles. The zero-order valence-corrected chi connectivity index (χ0v) is 16.7. The number of aliphatic hydroxyl groups is 1. The zero-order valence-electron chi connectivity index (χ0n) is 15.2. The molecule has 1 N–H and O–H groups in total. The van der Waals surface area contributed by atoms with Gasteiger partial charge in [0.2, 0.25) is 0 Å². The van der Waals surface area contributed by atoms with E-state index in [-0.39, 0.29) is 18.2 Å². The number of hydrogen-bond acceptors (Lipinski definition) is 4. The number of nitrogens with zero attached hydrogens (tertiary/aromatic N) is 1. The average molecular weight is 420 g/mol. The van der Waals surface area contributed by atoms with E-state index in [1.807, 2.05) is 0 Å². The molecule has 0 aliphatic carbocycles. The minimum Gasteiger partial charge on any atom is -0.487 e. The van der Waals surface area contributed by atoms with Gasteiger partial charge < -0.3 is 19.2 Å². The van der Waals surface area contributed by atoms with Gasteiger partial charge in [0.05, 0.1) is 6.54 Å². The van der Waals surface area contributed by atoms with Crippen LogP contribution in [0, 0.1) is 0 Å². The fourth-order valence-electron chi connectivity index (χ4n) is 3.49. The van der Waals surface area contributed by atoms with Crippen LogP contribution in [0.5, 0.6) is 5.75 Å². The van der Waals surface area contributed by atoms with Gasteiger partial charge in [0, 0.05) is 28.4 Å². The van der Waals surface area contributed by atoms with Crippen molar-refractivity contribution in [1.82, 2.24) is 4.90 Å².